The van der Waals surface area contributed by atoms with Crippen molar-refractivity contribution in [1.29, 1.82) is 0 Å². The number of amides is 1. The third kappa shape index (κ3) is 3.78. The summed E-state index contributed by atoms with van der Waals surface area (Å²) in [6.07, 6.45) is 0. The van der Waals surface area contributed by atoms with E-state index < -0.39 is 23.1 Å². The molecule has 1 rings (SSSR count). The lowest BCUT2D eigenvalue weighted by atomic mass is 10.1. The summed E-state index contributed by atoms with van der Waals surface area (Å²) in [5.41, 5.74) is -1.28. The van der Waals surface area contributed by atoms with Crippen LogP contribution in [0.1, 0.15) is 24.2 Å². The molecule has 5 heteroatoms. The van der Waals surface area contributed by atoms with Crippen molar-refractivity contribution in [3.05, 3.63) is 35.4 Å². The number of likely N-dealkylation sites (N-methyl/N-ethyl adjacent to an activating group) is 1. The number of carbonyl (C=O) groups is 1. The summed E-state index contributed by atoms with van der Waals surface area (Å²) in [5, 5.41) is 9.55. The van der Waals surface area contributed by atoms with Gasteiger partial charge in [-0.2, -0.15) is 0 Å². The molecule has 17 heavy (non-hydrogen) atoms. The predicted molar refractivity (Wildman–Crippen MR) is 59.6 cm³/mol. The second kappa shape index (κ2) is 4.79. The molecule has 0 spiro atoms. The zero-order chi connectivity index (χ0) is 13.2. The van der Waals surface area contributed by atoms with E-state index in [0.717, 1.165) is 12.1 Å². The van der Waals surface area contributed by atoms with Crippen LogP contribution in [0.25, 0.3) is 0 Å². The number of halogens is 2. The molecular weight excluding hydrogens is 228 g/mol. The van der Waals surface area contributed by atoms with Crippen LogP contribution < -0.4 is 0 Å². The maximum Gasteiger partial charge on any atom is 0.256 e. The average Bonchev–Trinajstić information content (AvgIpc) is 2.14. The summed E-state index contributed by atoms with van der Waals surface area (Å²) in [6.45, 7) is 3.14. The molecule has 0 aliphatic carbocycles. The third-order valence-electron chi connectivity index (χ3n) is 2.13. The summed E-state index contributed by atoms with van der Waals surface area (Å²) in [7, 11) is 1.45. The van der Waals surface area contributed by atoms with E-state index in [1.54, 1.807) is 0 Å². The largest absolute Gasteiger partial charge is 0.389 e. The lowest BCUT2D eigenvalue weighted by Crippen LogP contribution is -2.40. The Balaban J connectivity index is 2.89. The average molecular weight is 243 g/mol. The SMILES string of the molecule is CN(CC(C)(C)O)C(=O)c1ccc(F)cc1F. The van der Waals surface area contributed by atoms with Gasteiger partial charge in [0.05, 0.1) is 11.2 Å². The number of nitrogens with zero attached hydrogens (tertiary/aromatic N) is 1. The van der Waals surface area contributed by atoms with Crippen molar-refractivity contribution in [2.75, 3.05) is 13.6 Å². The van der Waals surface area contributed by atoms with Gasteiger partial charge in [0.2, 0.25) is 0 Å². The Morgan fingerprint density at radius 3 is 2.47 bits per heavy atom. The monoisotopic (exact) mass is 243 g/mol. The van der Waals surface area contributed by atoms with Gasteiger partial charge < -0.3 is 10.0 Å². The summed E-state index contributed by atoms with van der Waals surface area (Å²) in [5.74, 6) is -2.23. The Labute approximate surface area is 98.7 Å². The third-order valence-corrected chi connectivity index (χ3v) is 2.13. The highest BCUT2D eigenvalue weighted by atomic mass is 19.1. The standard InChI is InChI=1S/C12H15F2NO2/c1-12(2,17)7-15(3)11(16)9-5-4-8(13)6-10(9)14/h4-6,17H,7H2,1-3H3. The van der Waals surface area contributed by atoms with Crippen LogP contribution in [0.3, 0.4) is 0 Å². The quantitative estimate of drug-likeness (QED) is 0.879. The highest BCUT2D eigenvalue weighted by molar-refractivity contribution is 5.94. The van der Waals surface area contributed by atoms with E-state index in [1.165, 1.54) is 25.8 Å². The molecule has 0 unspecified atom stereocenters. The van der Waals surface area contributed by atoms with E-state index >= 15 is 0 Å². The number of hydrogen-bond donors (Lipinski definition) is 1. The van der Waals surface area contributed by atoms with Crippen molar-refractivity contribution >= 4 is 5.91 Å². The molecule has 0 atom stereocenters. The van der Waals surface area contributed by atoms with Crippen LogP contribution in [0.15, 0.2) is 18.2 Å². The Bertz CT molecular complexity index is 427. The van der Waals surface area contributed by atoms with E-state index in [1.807, 2.05) is 0 Å². The van der Waals surface area contributed by atoms with Crippen LogP contribution in [0.4, 0.5) is 8.78 Å². The topological polar surface area (TPSA) is 40.5 Å². The van der Waals surface area contributed by atoms with Gasteiger partial charge in [-0.1, -0.05) is 0 Å². The summed E-state index contributed by atoms with van der Waals surface area (Å²) in [4.78, 5) is 13.0. The van der Waals surface area contributed by atoms with Crippen LogP contribution in [0.2, 0.25) is 0 Å². The van der Waals surface area contributed by atoms with Gasteiger partial charge in [-0.3, -0.25) is 4.79 Å². The molecule has 1 aromatic carbocycles. The first-order chi connectivity index (χ1) is 7.70. The van der Waals surface area contributed by atoms with Gasteiger partial charge in [0.1, 0.15) is 11.6 Å². The number of benzene rings is 1. The minimum atomic E-state index is -1.07. The molecular formula is C12H15F2NO2. The number of carbonyl (C=O) groups excluding carboxylic acids is 1. The van der Waals surface area contributed by atoms with Gasteiger partial charge in [-0.05, 0) is 26.0 Å². The second-order valence-corrected chi connectivity index (χ2v) is 4.60. The van der Waals surface area contributed by atoms with Crippen molar-refractivity contribution < 1.29 is 18.7 Å². The smallest absolute Gasteiger partial charge is 0.256 e. The Kier molecular flexibility index (Phi) is 3.83. The number of aliphatic hydroxyl groups is 1. The van der Waals surface area contributed by atoms with E-state index in [-0.39, 0.29) is 12.1 Å². The van der Waals surface area contributed by atoms with E-state index in [2.05, 4.69) is 0 Å². The van der Waals surface area contributed by atoms with E-state index in [0.29, 0.717) is 6.07 Å². The predicted octanol–water partition coefficient (Wildman–Crippen LogP) is 1.81. The molecule has 0 bridgehead atoms. The van der Waals surface area contributed by atoms with Crippen molar-refractivity contribution in [1.82, 2.24) is 4.90 Å². The molecule has 1 amide bonds. The number of rotatable bonds is 3. The van der Waals surface area contributed by atoms with Gasteiger partial charge in [0.15, 0.2) is 0 Å². The zero-order valence-electron chi connectivity index (χ0n) is 10.00. The van der Waals surface area contributed by atoms with Crippen LogP contribution in [-0.4, -0.2) is 35.1 Å². The first kappa shape index (κ1) is 13.6. The normalized spacial score (nSPS) is 11.4. The van der Waals surface area contributed by atoms with Gasteiger partial charge >= 0.3 is 0 Å². The molecule has 0 radical (unpaired) electrons. The minimum Gasteiger partial charge on any atom is -0.389 e. The maximum atomic E-state index is 13.3. The summed E-state index contributed by atoms with van der Waals surface area (Å²) >= 11 is 0. The fraction of sp³-hybridized carbons (Fsp3) is 0.417. The molecule has 3 nitrogen and oxygen atoms in total. The van der Waals surface area contributed by atoms with E-state index in [4.69, 9.17) is 0 Å². The molecule has 1 N–H and O–H groups in total. The zero-order valence-corrected chi connectivity index (χ0v) is 10.00. The highest BCUT2D eigenvalue weighted by Gasteiger charge is 2.22. The fourth-order valence-corrected chi connectivity index (χ4v) is 1.52. The molecule has 1 aromatic rings. The Morgan fingerprint density at radius 1 is 1.41 bits per heavy atom. The van der Waals surface area contributed by atoms with Crippen molar-refractivity contribution in [3.8, 4) is 0 Å². The van der Waals surface area contributed by atoms with Crippen molar-refractivity contribution in [3.63, 3.8) is 0 Å². The van der Waals surface area contributed by atoms with Gasteiger partial charge in [-0.25, -0.2) is 8.78 Å². The molecule has 0 aliphatic rings. The molecule has 0 aromatic heterocycles. The van der Waals surface area contributed by atoms with Gasteiger partial charge in [-0.15, -0.1) is 0 Å². The number of hydrogen-bond acceptors (Lipinski definition) is 2. The lowest BCUT2D eigenvalue weighted by Gasteiger charge is -2.25. The summed E-state index contributed by atoms with van der Waals surface area (Å²) in [6, 6.07) is 2.77. The minimum absolute atomic E-state index is 0.0582. The van der Waals surface area contributed by atoms with Crippen LogP contribution >= 0.6 is 0 Å². The Morgan fingerprint density at radius 2 is 2.00 bits per heavy atom. The first-order valence-electron chi connectivity index (χ1n) is 5.13. The van der Waals surface area contributed by atoms with E-state index in [9.17, 15) is 18.7 Å². The van der Waals surface area contributed by atoms with Crippen molar-refractivity contribution in [2.24, 2.45) is 0 Å². The Hall–Kier alpha value is -1.49. The molecule has 0 heterocycles. The molecule has 0 fully saturated rings. The summed E-state index contributed by atoms with van der Waals surface area (Å²) < 4.78 is 26.0. The second-order valence-electron chi connectivity index (χ2n) is 4.60. The molecule has 0 aliphatic heterocycles. The first-order valence-corrected chi connectivity index (χ1v) is 5.13. The molecule has 0 saturated heterocycles. The van der Waals surface area contributed by atoms with Crippen molar-refractivity contribution in [2.45, 2.75) is 19.4 Å². The van der Waals surface area contributed by atoms with Gasteiger partial charge in [0, 0.05) is 19.7 Å². The van der Waals surface area contributed by atoms with Crippen LogP contribution in [-0.2, 0) is 0 Å². The van der Waals surface area contributed by atoms with Crippen LogP contribution in [0, 0.1) is 11.6 Å². The molecule has 0 saturated carbocycles. The van der Waals surface area contributed by atoms with Crippen LogP contribution in [0.5, 0.6) is 0 Å². The fourth-order valence-electron chi connectivity index (χ4n) is 1.52. The van der Waals surface area contributed by atoms with Gasteiger partial charge in [0.25, 0.3) is 5.91 Å². The highest BCUT2D eigenvalue weighted by Crippen LogP contribution is 2.13. The lowest BCUT2D eigenvalue weighted by molar-refractivity contribution is 0.0365. The molecule has 94 valence electrons. The maximum absolute atomic E-state index is 13.3.